The molecular formula is C42H40N8O4. The fourth-order valence-corrected chi connectivity index (χ4v) is 6.31. The van der Waals surface area contributed by atoms with Gasteiger partial charge >= 0.3 is 5.97 Å². The lowest BCUT2D eigenvalue weighted by Gasteiger charge is -2.32. The molecule has 2 amide bonds. The Bertz CT molecular complexity index is 2440. The molecule has 3 aromatic heterocycles. The van der Waals surface area contributed by atoms with Gasteiger partial charge in [0, 0.05) is 57.4 Å². The van der Waals surface area contributed by atoms with Crippen molar-refractivity contribution >= 4 is 40.5 Å². The number of fused-ring (bicyclic) bond motifs is 1. The molecule has 4 heterocycles. The van der Waals surface area contributed by atoms with Gasteiger partial charge in [0.15, 0.2) is 5.65 Å². The summed E-state index contributed by atoms with van der Waals surface area (Å²) in [6.45, 7) is 6.38. The molecule has 6 aromatic rings. The van der Waals surface area contributed by atoms with Gasteiger partial charge in [-0.25, -0.2) is 9.78 Å². The normalized spacial score (nSPS) is 13.0. The lowest BCUT2D eigenvalue weighted by atomic mass is 9.98. The predicted molar refractivity (Wildman–Crippen MR) is 206 cm³/mol. The Hall–Kier alpha value is -6.71. The number of likely N-dealkylation sites (N-methyl/N-ethyl adjacent to an activating group) is 1. The fourth-order valence-electron chi connectivity index (χ4n) is 6.31. The third-order valence-electron chi connectivity index (χ3n) is 9.42. The second-order valence-corrected chi connectivity index (χ2v) is 13.4. The van der Waals surface area contributed by atoms with E-state index in [1.54, 1.807) is 34.1 Å². The van der Waals surface area contributed by atoms with Gasteiger partial charge in [-0.1, -0.05) is 42.3 Å². The van der Waals surface area contributed by atoms with Gasteiger partial charge < -0.3 is 20.3 Å². The highest BCUT2D eigenvalue weighted by atomic mass is 16.5. The second-order valence-electron chi connectivity index (χ2n) is 13.4. The van der Waals surface area contributed by atoms with Crippen LogP contribution in [0.15, 0.2) is 97.6 Å². The van der Waals surface area contributed by atoms with Crippen LogP contribution in [-0.4, -0.2) is 73.4 Å². The number of pyridine rings is 1. The largest absolute Gasteiger partial charge is 0.457 e. The number of anilines is 3. The minimum absolute atomic E-state index is 0.0623. The number of imidazole rings is 1. The Morgan fingerprint density at radius 2 is 1.72 bits per heavy atom. The van der Waals surface area contributed by atoms with Gasteiger partial charge in [-0.05, 0) is 78.4 Å². The van der Waals surface area contributed by atoms with Gasteiger partial charge in [-0.2, -0.15) is 5.10 Å². The summed E-state index contributed by atoms with van der Waals surface area (Å²) in [4.78, 5) is 48.3. The fraction of sp³-hybridized carbons (Fsp3) is 0.214. The average Bonchev–Trinajstić information content (AvgIpc) is 3.78. The number of rotatable bonds is 9. The third kappa shape index (κ3) is 8.01. The molecule has 0 aliphatic carbocycles. The van der Waals surface area contributed by atoms with Gasteiger partial charge in [-0.3, -0.25) is 23.6 Å². The smallest absolute Gasteiger partial charge is 0.339 e. The number of nitrogens with one attached hydrogen (secondary N) is 2. The van der Waals surface area contributed by atoms with Crippen molar-refractivity contribution in [1.82, 2.24) is 29.0 Å². The van der Waals surface area contributed by atoms with E-state index in [0.717, 1.165) is 34.6 Å². The van der Waals surface area contributed by atoms with Crippen molar-refractivity contribution in [2.24, 2.45) is 7.05 Å². The molecule has 0 unspecified atom stereocenters. The van der Waals surface area contributed by atoms with Crippen molar-refractivity contribution in [1.29, 1.82) is 0 Å². The molecule has 1 aliphatic heterocycles. The Morgan fingerprint density at radius 1 is 0.889 bits per heavy atom. The molecule has 2 N–H and O–H groups in total. The molecule has 1 fully saturated rings. The van der Waals surface area contributed by atoms with E-state index in [0.29, 0.717) is 47.8 Å². The van der Waals surface area contributed by atoms with E-state index < -0.39 is 11.9 Å². The molecule has 54 heavy (non-hydrogen) atoms. The van der Waals surface area contributed by atoms with Crippen molar-refractivity contribution in [2.45, 2.75) is 27.0 Å². The van der Waals surface area contributed by atoms with E-state index in [4.69, 9.17) is 4.74 Å². The Balaban J connectivity index is 1.16. The first-order valence-electron chi connectivity index (χ1n) is 17.6. The number of nitrogens with zero attached hydrogens (tertiary/aromatic N) is 6. The zero-order valence-corrected chi connectivity index (χ0v) is 30.6. The van der Waals surface area contributed by atoms with Crippen molar-refractivity contribution < 1.29 is 19.1 Å². The number of hydrogen-bond acceptors (Lipinski definition) is 8. The Kier molecular flexibility index (Phi) is 10.2. The van der Waals surface area contributed by atoms with Crippen LogP contribution in [0.5, 0.6) is 0 Å². The van der Waals surface area contributed by atoms with E-state index in [2.05, 4.69) is 37.5 Å². The maximum Gasteiger partial charge on any atom is 0.339 e. The molecule has 272 valence electrons. The number of aryl methyl sites for hydroxylation is 3. The molecule has 0 atom stereocenters. The summed E-state index contributed by atoms with van der Waals surface area (Å²) in [5, 5.41) is 10.6. The number of amides is 2. The Labute approximate surface area is 313 Å². The highest BCUT2D eigenvalue weighted by Gasteiger charge is 2.23. The lowest BCUT2D eigenvalue weighted by molar-refractivity contribution is -0.134. The summed E-state index contributed by atoms with van der Waals surface area (Å²) < 4.78 is 9.29. The van der Waals surface area contributed by atoms with Crippen LogP contribution >= 0.6 is 0 Å². The number of aromatic nitrogens is 4. The minimum atomic E-state index is -0.615. The van der Waals surface area contributed by atoms with Gasteiger partial charge in [0.05, 0.1) is 41.4 Å². The van der Waals surface area contributed by atoms with Crippen LogP contribution in [0, 0.1) is 25.7 Å². The van der Waals surface area contributed by atoms with E-state index >= 15 is 0 Å². The topological polar surface area (TPSA) is 126 Å². The molecule has 0 radical (unpaired) electrons. The molecular weight excluding hydrogens is 681 g/mol. The summed E-state index contributed by atoms with van der Waals surface area (Å²) in [6, 6.07) is 22.2. The third-order valence-corrected chi connectivity index (χ3v) is 9.42. The predicted octanol–water partition coefficient (Wildman–Crippen LogP) is 5.71. The van der Waals surface area contributed by atoms with Crippen LogP contribution in [0.1, 0.15) is 54.2 Å². The van der Waals surface area contributed by atoms with Crippen molar-refractivity contribution in [3.05, 3.63) is 142 Å². The van der Waals surface area contributed by atoms with Crippen LogP contribution in [0.25, 0.3) is 5.65 Å². The maximum absolute atomic E-state index is 14.0. The van der Waals surface area contributed by atoms with Crippen molar-refractivity contribution in [3.8, 4) is 11.8 Å². The number of carbonyl (C=O) groups excluding carboxylic acids is 3. The van der Waals surface area contributed by atoms with E-state index in [1.807, 2.05) is 105 Å². The van der Waals surface area contributed by atoms with Gasteiger partial charge in [0.2, 0.25) is 5.91 Å². The summed E-state index contributed by atoms with van der Waals surface area (Å²) in [7, 11) is 3.67. The first-order chi connectivity index (χ1) is 26.1. The van der Waals surface area contributed by atoms with Crippen LogP contribution in [0.2, 0.25) is 0 Å². The van der Waals surface area contributed by atoms with Crippen LogP contribution < -0.4 is 10.6 Å². The first-order valence-corrected chi connectivity index (χ1v) is 17.6. The summed E-state index contributed by atoms with van der Waals surface area (Å²) in [5.74, 6) is 5.45. The highest BCUT2D eigenvalue weighted by Crippen LogP contribution is 2.24. The SMILES string of the molecule is Cc1cc(C(=O)OCc2ccccc2)c(C(=O)Nc2ccc(CN3CCN(C)C(=O)C3)c(C)c2)cc1C#Cc1cnc2c(Nc3cnn(C)c3)cccn12. The molecule has 7 rings (SSSR count). The number of piperazine rings is 1. The Morgan fingerprint density at radius 3 is 2.48 bits per heavy atom. The number of hydrogen-bond donors (Lipinski definition) is 2. The standard InChI is InChI=1S/C42H40N8O4/c1-28-19-33(14-12-32(28)24-49-18-17-47(3)39(51)26-49)46-41(52)36-21-31(29(2)20-37(36)42(53)54-27-30-9-6-5-7-10-30)13-15-35-23-43-40-38(11-8-16-50(35)40)45-34-22-44-48(4)25-34/h5-12,14,16,19-23,25,45H,17-18,24,26-27H2,1-4H3,(H,46,52). The molecule has 0 bridgehead atoms. The van der Waals surface area contributed by atoms with Crippen LogP contribution in [0.3, 0.4) is 0 Å². The summed E-state index contributed by atoms with van der Waals surface area (Å²) in [6.07, 6.45) is 7.19. The summed E-state index contributed by atoms with van der Waals surface area (Å²) >= 11 is 0. The zero-order chi connectivity index (χ0) is 37.8. The monoisotopic (exact) mass is 720 g/mol. The number of benzene rings is 3. The molecule has 1 aliphatic rings. The van der Waals surface area contributed by atoms with Gasteiger partial charge in [0.25, 0.3) is 5.91 Å². The molecule has 3 aromatic carbocycles. The quantitative estimate of drug-likeness (QED) is 0.144. The molecule has 12 heteroatoms. The van der Waals surface area contributed by atoms with Crippen molar-refractivity contribution in [2.75, 3.05) is 37.3 Å². The van der Waals surface area contributed by atoms with E-state index in [1.165, 1.54) is 0 Å². The van der Waals surface area contributed by atoms with E-state index in [9.17, 15) is 14.4 Å². The molecule has 0 spiro atoms. The molecule has 1 saturated heterocycles. The first kappa shape index (κ1) is 35.7. The highest BCUT2D eigenvalue weighted by molar-refractivity contribution is 6.11. The molecule has 12 nitrogen and oxygen atoms in total. The average molecular weight is 721 g/mol. The number of ether oxygens (including phenoxy) is 1. The van der Waals surface area contributed by atoms with Crippen LogP contribution in [0.4, 0.5) is 17.1 Å². The van der Waals surface area contributed by atoms with Gasteiger partial charge in [-0.15, -0.1) is 0 Å². The minimum Gasteiger partial charge on any atom is -0.457 e. The van der Waals surface area contributed by atoms with Gasteiger partial charge in [0.1, 0.15) is 12.3 Å². The maximum atomic E-state index is 14.0. The zero-order valence-electron chi connectivity index (χ0n) is 30.6. The van der Waals surface area contributed by atoms with Crippen molar-refractivity contribution in [3.63, 3.8) is 0 Å². The van der Waals surface area contributed by atoms with E-state index in [-0.39, 0.29) is 23.6 Å². The lowest BCUT2D eigenvalue weighted by Crippen LogP contribution is -2.48. The summed E-state index contributed by atoms with van der Waals surface area (Å²) in [5.41, 5.74) is 7.98. The van der Waals surface area contributed by atoms with Crippen LogP contribution in [-0.2, 0) is 29.7 Å². The number of carbonyl (C=O) groups is 3. The molecule has 0 saturated carbocycles. The second kappa shape index (κ2) is 15.5. The number of esters is 1.